The molecule has 3 heterocycles. The van der Waals surface area contributed by atoms with Crippen LogP contribution in [0.3, 0.4) is 0 Å². The maximum atomic E-state index is 14.2. The van der Waals surface area contributed by atoms with Crippen molar-refractivity contribution >= 4 is 28.5 Å². The highest BCUT2D eigenvalue weighted by molar-refractivity contribution is 6.05. The number of H-pyrrole nitrogens is 1. The predicted octanol–water partition coefficient (Wildman–Crippen LogP) is 1.71. The van der Waals surface area contributed by atoms with E-state index in [1.165, 1.54) is 11.0 Å². The second-order valence-corrected chi connectivity index (χ2v) is 6.44. The quantitative estimate of drug-likeness (QED) is 0.747. The summed E-state index contributed by atoms with van der Waals surface area (Å²) < 4.78 is 16.1. The molecular weight excluding hydrogens is 337 g/mol. The zero-order valence-electron chi connectivity index (χ0n) is 14.2. The molecule has 1 atom stereocenters. The van der Waals surface area contributed by atoms with E-state index < -0.39 is 11.7 Å². The number of amides is 2. The second kappa shape index (κ2) is 6.29. The Morgan fingerprint density at radius 2 is 2.23 bits per heavy atom. The van der Waals surface area contributed by atoms with Gasteiger partial charge in [-0.05, 0) is 24.3 Å². The number of carbonyl (C=O) groups excluding carboxylic acids is 2. The molecule has 0 aliphatic carbocycles. The Morgan fingerprint density at radius 1 is 1.38 bits per heavy atom. The summed E-state index contributed by atoms with van der Waals surface area (Å²) in [6.45, 7) is 0.582. The Labute approximate surface area is 148 Å². The molecule has 4 rings (SSSR count). The summed E-state index contributed by atoms with van der Waals surface area (Å²) in [5, 5.41) is 9.95. The Kier molecular flexibility index (Phi) is 3.95. The summed E-state index contributed by atoms with van der Waals surface area (Å²) in [6.07, 6.45) is 1.99. The minimum absolute atomic E-state index is 0.0851. The summed E-state index contributed by atoms with van der Waals surface area (Å²) in [4.78, 5) is 26.2. The molecule has 0 saturated carbocycles. The Morgan fingerprint density at radius 3 is 3.00 bits per heavy atom. The van der Waals surface area contributed by atoms with Crippen molar-refractivity contribution < 1.29 is 14.0 Å². The van der Waals surface area contributed by atoms with Gasteiger partial charge >= 0.3 is 0 Å². The molecular formula is C18H18FN5O2. The van der Waals surface area contributed by atoms with Crippen molar-refractivity contribution in [3.05, 3.63) is 48.0 Å². The first-order valence-electron chi connectivity index (χ1n) is 8.35. The Hall–Kier alpha value is -3.16. The van der Waals surface area contributed by atoms with Gasteiger partial charge in [0.25, 0.3) is 0 Å². The number of carbonyl (C=O) groups is 2. The first-order chi connectivity index (χ1) is 12.5. The zero-order valence-corrected chi connectivity index (χ0v) is 14.2. The summed E-state index contributed by atoms with van der Waals surface area (Å²) >= 11 is 0. The third-order valence-electron chi connectivity index (χ3n) is 4.77. The highest BCUT2D eigenvalue weighted by Crippen LogP contribution is 2.31. The lowest BCUT2D eigenvalue weighted by atomic mass is 10.1. The molecule has 1 aliphatic heterocycles. The van der Waals surface area contributed by atoms with Crippen LogP contribution in [-0.2, 0) is 23.2 Å². The molecule has 8 heteroatoms. The van der Waals surface area contributed by atoms with Gasteiger partial charge in [-0.25, -0.2) is 4.39 Å². The standard InChI is InChI=1S/C18H18FN5O2/c1-23-7-3-4-12(23)9-20-18(26)11-8-15(25)24(10-11)17-16-13(19)5-2-6-14(16)21-22-17/h2-7,11H,8-10H2,1H3,(H,20,26)(H,21,22)/t11-/m1/s1. The van der Waals surface area contributed by atoms with Crippen LogP contribution in [0.25, 0.3) is 10.9 Å². The number of rotatable bonds is 4. The van der Waals surface area contributed by atoms with Crippen molar-refractivity contribution in [2.75, 3.05) is 11.4 Å². The fraction of sp³-hybridized carbons (Fsp3) is 0.278. The topological polar surface area (TPSA) is 83.0 Å². The van der Waals surface area contributed by atoms with Crippen LogP contribution in [0.1, 0.15) is 12.1 Å². The molecule has 0 bridgehead atoms. The number of hydrogen-bond acceptors (Lipinski definition) is 3. The van der Waals surface area contributed by atoms with Gasteiger partial charge in [0.1, 0.15) is 5.82 Å². The number of hydrogen-bond donors (Lipinski definition) is 2. The molecule has 2 N–H and O–H groups in total. The van der Waals surface area contributed by atoms with Crippen molar-refractivity contribution in [1.82, 2.24) is 20.1 Å². The SMILES string of the molecule is Cn1cccc1CNC(=O)[C@@H]1CC(=O)N(c2n[nH]c3cccc(F)c23)C1. The van der Waals surface area contributed by atoms with Crippen LogP contribution >= 0.6 is 0 Å². The van der Waals surface area contributed by atoms with Crippen LogP contribution < -0.4 is 10.2 Å². The van der Waals surface area contributed by atoms with Gasteiger partial charge in [-0.15, -0.1) is 0 Å². The van der Waals surface area contributed by atoms with E-state index in [2.05, 4.69) is 15.5 Å². The lowest BCUT2D eigenvalue weighted by Crippen LogP contribution is -2.33. The minimum atomic E-state index is -0.485. The van der Waals surface area contributed by atoms with Gasteiger partial charge in [-0.3, -0.25) is 19.6 Å². The summed E-state index contributed by atoms with van der Waals surface area (Å²) in [7, 11) is 1.90. The molecule has 1 saturated heterocycles. The van der Waals surface area contributed by atoms with Gasteiger partial charge in [0.05, 0.1) is 23.4 Å². The fourth-order valence-corrected chi connectivity index (χ4v) is 3.30. The van der Waals surface area contributed by atoms with Crippen LogP contribution in [-0.4, -0.2) is 33.1 Å². The van der Waals surface area contributed by atoms with E-state index in [0.29, 0.717) is 12.1 Å². The van der Waals surface area contributed by atoms with Gasteiger partial charge in [-0.1, -0.05) is 6.07 Å². The van der Waals surface area contributed by atoms with Gasteiger partial charge < -0.3 is 9.88 Å². The van der Waals surface area contributed by atoms with E-state index >= 15 is 0 Å². The number of anilines is 1. The number of fused-ring (bicyclic) bond motifs is 1. The van der Waals surface area contributed by atoms with Crippen LogP contribution in [0.15, 0.2) is 36.5 Å². The predicted molar refractivity (Wildman–Crippen MR) is 93.8 cm³/mol. The van der Waals surface area contributed by atoms with E-state index in [9.17, 15) is 14.0 Å². The number of nitrogens with zero attached hydrogens (tertiary/aromatic N) is 3. The number of aromatic nitrogens is 3. The highest BCUT2D eigenvalue weighted by Gasteiger charge is 2.37. The molecule has 1 aliphatic rings. The third kappa shape index (κ3) is 2.73. The highest BCUT2D eigenvalue weighted by atomic mass is 19.1. The molecule has 1 aromatic carbocycles. The molecule has 7 nitrogen and oxygen atoms in total. The van der Waals surface area contributed by atoms with E-state index in [-0.39, 0.29) is 36.0 Å². The molecule has 1 fully saturated rings. The van der Waals surface area contributed by atoms with Crippen LogP contribution in [0, 0.1) is 11.7 Å². The van der Waals surface area contributed by atoms with Crippen LogP contribution in [0.2, 0.25) is 0 Å². The second-order valence-electron chi connectivity index (χ2n) is 6.44. The number of halogens is 1. The average molecular weight is 355 g/mol. The fourth-order valence-electron chi connectivity index (χ4n) is 3.30. The van der Waals surface area contributed by atoms with E-state index in [4.69, 9.17) is 0 Å². The summed E-state index contributed by atoms with van der Waals surface area (Å²) in [6, 6.07) is 8.42. The van der Waals surface area contributed by atoms with Crippen molar-refractivity contribution in [3.8, 4) is 0 Å². The van der Waals surface area contributed by atoms with Crippen molar-refractivity contribution in [3.63, 3.8) is 0 Å². The van der Waals surface area contributed by atoms with E-state index in [1.54, 1.807) is 12.1 Å². The molecule has 134 valence electrons. The maximum absolute atomic E-state index is 14.2. The monoisotopic (exact) mass is 355 g/mol. The number of aryl methyl sites for hydroxylation is 1. The average Bonchev–Trinajstić information content (AvgIpc) is 3.31. The molecule has 26 heavy (non-hydrogen) atoms. The molecule has 0 unspecified atom stereocenters. The van der Waals surface area contributed by atoms with E-state index in [0.717, 1.165) is 5.69 Å². The molecule has 0 radical (unpaired) electrons. The number of aromatic amines is 1. The van der Waals surface area contributed by atoms with Gasteiger partial charge in [0, 0.05) is 31.9 Å². The van der Waals surface area contributed by atoms with E-state index in [1.807, 2.05) is 29.9 Å². The first kappa shape index (κ1) is 16.3. The van der Waals surface area contributed by atoms with Crippen LogP contribution in [0.4, 0.5) is 10.2 Å². The maximum Gasteiger partial charge on any atom is 0.229 e. The molecule has 0 spiro atoms. The Bertz CT molecular complexity index is 993. The van der Waals surface area contributed by atoms with Gasteiger partial charge in [0.2, 0.25) is 11.8 Å². The first-order valence-corrected chi connectivity index (χ1v) is 8.35. The lowest BCUT2D eigenvalue weighted by molar-refractivity contribution is -0.126. The minimum Gasteiger partial charge on any atom is -0.353 e. The summed E-state index contributed by atoms with van der Waals surface area (Å²) in [5.74, 6) is -1.12. The number of nitrogens with one attached hydrogen (secondary N) is 2. The third-order valence-corrected chi connectivity index (χ3v) is 4.77. The van der Waals surface area contributed by atoms with Crippen LogP contribution in [0.5, 0.6) is 0 Å². The largest absolute Gasteiger partial charge is 0.353 e. The van der Waals surface area contributed by atoms with Gasteiger partial charge in [0.15, 0.2) is 5.82 Å². The normalized spacial score (nSPS) is 17.2. The molecule has 2 aromatic heterocycles. The van der Waals surface area contributed by atoms with Gasteiger partial charge in [-0.2, -0.15) is 5.10 Å². The summed E-state index contributed by atoms with van der Waals surface area (Å²) in [5.41, 5.74) is 1.49. The van der Waals surface area contributed by atoms with Crippen molar-refractivity contribution in [2.45, 2.75) is 13.0 Å². The number of benzene rings is 1. The smallest absolute Gasteiger partial charge is 0.229 e. The molecule has 3 aromatic rings. The van der Waals surface area contributed by atoms with Crippen molar-refractivity contribution in [1.29, 1.82) is 0 Å². The lowest BCUT2D eigenvalue weighted by Gasteiger charge is -2.14. The molecule has 2 amide bonds. The van der Waals surface area contributed by atoms with Crippen molar-refractivity contribution in [2.24, 2.45) is 13.0 Å². The zero-order chi connectivity index (χ0) is 18.3. The Balaban J connectivity index is 1.49.